The average Bonchev–Trinajstić information content (AvgIpc) is 1.54. The van der Waals surface area contributed by atoms with Crippen LogP contribution in [0.15, 0.2) is 405 Å². The van der Waals surface area contributed by atoms with E-state index in [2.05, 4.69) is 285 Å². The van der Waals surface area contributed by atoms with Crippen LogP contribution in [0, 0.1) is 16.7 Å². The number of ketones is 1. The molecule has 12 aromatic carbocycles. The summed E-state index contributed by atoms with van der Waals surface area (Å²) in [5.74, 6) is -1.04. The molecular weight excluding hydrogens is 1710 g/mol. The van der Waals surface area contributed by atoms with E-state index >= 15 is 0 Å². The van der Waals surface area contributed by atoms with E-state index in [1.165, 1.54) is 92.6 Å². The molecule has 2 unspecified atom stereocenters. The minimum absolute atomic E-state index is 0.0146. The molecular formula is C93H96F3N3O13S9. The van der Waals surface area contributed by atoms with E-state index in [-0.39, 0.29) is 83.1 Å². The number of benzene rings is 12. The van der Waals surface area contributed by atoms with Gasteiger partial charge in [0.1, 0.15) is 35.9 Å². The van der Waals surface area contributed by atoms with Crippen LogP contribution < -0.4 is 0 Å². The molecule has 0 saturated heterocycles. The number of rotatable bonds is 23. The van der Waals surface area contributed by atoms with Crippen molar-refractivity contribution in [1.82, 2.24) is 0 Å². The highest BCUT2D eigenvalue weighted by molar-refractivity contribution is 8.13. The van der Waals surface area contributed by atoms with E-state index < -0.39 is 87.1 Å². The maximum absolute atomic E-state index is 12.6. The Kier molecular flexibility index (Phi) is 33.3. The smallest absolute Gasteiger partial charge is 0.436 e. The third-order valence-corrected chi connectivity index (χ3v) is 35.7. The maximum Gasteiger partial charge on any atom is 0.480 e. The molecule has 16 nitrogen and oxygen atoms in total. The van der Waals surface area contributed by atoms with Gasteiger partial charge in [-0.3, -0.25) is 4.79 Å². The largest absolute Gasteiger partial charge is 0.480 e. The predicted molar refractivity (Wildman–Crippen MR) is 480 cm³/mol. The summed E-state index contributed by atoms with van der Waals surface area (Å²) in [6, 6.07) is 114. The molecule has 0 heterocycles. The first-order valence-electron chi connectivity index (χ1n) is 38.4. The van der Waals surface area contributed by atoms with Crippen LogP contribution in [0.1, 0.15) is 109 Å². The molecule has 0 amide bonds. The van der Waals surface area contributed by atoms with E-state index in [9.17, 15) is 68.5 Å². The third-order valence-electron chi connectivity index (χ3n) is 19.7. The molecule has 0 N–H and O–H groups in total. The molecule has 0 aromatic heterocycles. The Morgan fingerprint density at radius 3 is 0.810 bits per heavy atom. The van der Waals surface area contributed by atoms with Crippen molar-refractivity contribution in [2.45, 2.75) is 157 Å². The Morgan fingerprint density at radius 2 is 0.612 bits per heavy atom. The fourth-order valence-electron chi connectivity index (χ4n) is 13.7. The van der Waals surface area contributed by atoms with Gasteiger partial charge in [-0.15, -0.1) is 0 Å². The number of nitrogens with zero attached hydrogens (tertiary/aromatic N) is 3. The molecule has 636 valence electrons. The van der Waals surface area contributed by atoms with Gasteiger partial charge in [-0.05, 0) is 192 Å². The summed E-state index contributed by atoms with van der Waals surface area (Å²) in [6.45, 7) is 14.3. The number of alkyl halides is 3. The second kappa shape index (κ2) is 42.2. The zero-order valence-electron chi connectivity index (χ0n) is 68.0. The van der Waals surface area contributed by atoms with Gasteiger partial charge in [0.25, 0.3) is 0 Å². The zero-order chi connectivity index (χ0) is 88.0. The Morgan fingerprint density at radius 1 is 0.364 bits per heavy atom. The molecule has 0 spiro atoms. The predicted octanol–water partition coefficient (Wildman–Crippen LogP) is 22.5. The standard InChI is InChI=1S/3C18H15S.C16H23F3NO4S2.C12H10NO4S2.C11H18NO5S2/c3*1-4-10-16(11-5-1)19(17-12-6-2-7-13-17)18-14-8-3-9-15-18;1-9(2)12-7-13(10(3)4)15(14(8-12)11(5)6)25(21,22)20-26(23,24)16(17,18)19;14-18(15,11-7-3-1-4-8-11)13-19(16,17)12-9-5-2-6-10-12;1-10(2)8-4-5-11(10,9(13)6-8)7-19(16,17)12-18(3,14)15/h3*1-15H;7-11H,1-6H3;1-10H;8H,4-7H2,1-3H3/q3*+1;3*-1. The van der Waals surface area contributed by atoms with Gasteiger partial charge in [0.05, 0.1) is 57.6 Å². The van der Waals surface area contributed by atoms with Crippen LogP contribution in [0.4, 0.5) is 13.2 Å². The number of carbonyl (C=O) groups excluding carboxylic acids is 1. The average molecular weight is 1810 g/mol. The lowest BCUT2D eigenvalue weighted by atomic mass is 9.70. The number of halogens is 3. The van der Waals surface area contributed by atoms with Crippen molar-refractivity contribution in [2.24, 2.45) is 16.7 Å². The molecule has 0 radical (unpaired) electrons. The minimum Gasteiger partial charge on any atom is -0.436 e. The van der Waals surface area contributed by atoms with Gasteiger partial charge in [-0.1, -0.05) is 268 Å². The number of hydrogen-bond acceptors (Lipinski definition) is 13. The van der Waals surface area contributed by atoms with Crippen molar-refractivity contribution < 1.29 is 68.5 Å². The first-order valence-corrected chi connectivity index (χ1v) is 51.3. The van der Waals surface area contributed by atoms with E-state index in [1.807, 2.05) is 27.7 Å². The summed E-state index contributed by atoms with van der Waals surface area (Å²) in [5, 5.41) is 0. The van der Waals surface area contributed by atoms with Gasteiger partial charge < -0.3 is 12.4 Å². The normalized spacial score (nSPS) is 15.2. The fourth-order valence-corrected chi connectivity index (χ4v) is 28.7. The summed E-state index contributed by atoms with van der Waals surface area (Å²) < 4.78 is 187. The molecule has 0 aliphatic heterocycles. The van der Waals surface area contributed by atoms with E-state index in [0.29, 0.717) is 12.8 Å². The summed E-state index contributed by atoms with van der Waals surface area (Å²) >= 11 is 0. The molecule has 2 aliphatic rings. The van der Waals surface area contributed by atoms with E-state index in [4.69, 9.17) is 0 Å². The fraction of sp³-hybridized carbons (Fsp3) is 0.215. The summed E-state index contributed by atoms with van der Waals surface area (Å²) in [6.07, 6.45) is 2.44. The molecule has 12 aromatic rings. The van der Waals surface area contributed by atoms with Crippen LogP contribution in [0.2, 0.25) is 0 Å². The van der Waals surface area contributed by atoms with Crippen LogP contribution >= 0.6 is 0 Å². The van der Waals surface area contributed by atoms with Gasteiger partial charge in [-0.2, -0.15) is 13.2 Å². The van der Waals surface area contributed by atoms with Gasteiger partial charge >= 0.3 is 5.51 Å². The second-order valence-corrected chi connectivity index (χ2v) is 46.0. The van der Waals surface area contributed by atoms with Crippen molar-refractivity contribution in [3.8, 4) is 0 Å². The lowest BCUT2D eigenvalue weighted by molar-refractivity contribution is -0.128. The molecule has 2 atom stereocenters. The van der Waals surface area contributed by atoms with E-state index in [1.54, 1.807) is 52.0 Å². The Bertz CT molecular complexity index is 5400. The lowest BCUT2D eigenvalue weighted by Crippen LogP contribution is -2.42. The van der Waals surface area contributed by atoms with Crippen LogP contribution in [0.5, 0.6) is 0 Å². The SMILES string of the molecule is CC(C)c1cc(C(C)C)c(S(=O)(=O)[N-]S(=O)(=O)C(F)(F)F)c(C(C)C)c1.CC1(C)C2CCC1(CS(=O)(=O)[N-]S(C)(=O)=O)C(=O)C2.O=S(=O)([N-]S(=O)(=O)c1ccccc1)c1ccccc1.c1ccc([S+](c2ccccc2)c2ccccc2)cc1.c1ccc([S+](c2ccccc2)c2ccccc2)cc1.c1ccc([S+](c2ccccc2)c2ccccc2)cc1. The van der Waals surface area contributed by atoms with E-state index in [0.717, 1.165) is 18.2 Å². The molecule has 14 rings (SSSR count). The highest BCUT2D eigenvalue weighted by Crippen LogP contribution is 2.64. The van der Waals surface area contributed by atoms with Crippen molar-refractivity contribution in [3.63, 3.8) is 0 Å². The number of fused-ring (bicyclic) bond motifs is 2. The van der Waals surface area contributed by atoms with Crippen LogP contribution in [0.25, 0.3) is 12.4 Å². The number of carbonyl (C=O) groups is 1. The minimum atomic E-state index is -6.18. The first-order chi connectivity index (χ1) is 57.2. The summed E-state index contributed by atoms with van der Waals surface area (Å²) in [4.78, 5) is 23.6. The number of hydrogen-bond donors (Lipinski definition) is 0. The molecule has 2 bridgehead atoms. The topological polar surface area (TPSA) is 264 Å². The van der Waals surface area contributed by atoms with Gasteiger partial charge in [0.2, 0.25) is 0 Å². The first kappa shape index (κ1) is 95.6. The summed E-state index contributed by atoms with van der Waals surface area (Å²) in [5.41, 5.74) is -5.85. The van der Waals surface area contributed by atoms with Gasteiger partial charge in [0.15, 0.2) is 54.1 Å². The quantitative estimate of drug-likeness (QED) is 0.0540. The monoisotopic (exact) mass is 1810 g/mol. The molecule has 2 fully saturated rings. The second-order valence-electron chi connectivity index (χ2n) is 29.6. The van der Waals surface area contributed by atoms with Crippen molar-refractivity contribution in [3.05, 3.63) is 375 Å². The van der Waals surface area contributed by atoms with Gasteiger partial charge in [0, 0.05) is 33.6 Å². The Labute approximate surface area is 721 Å². The van der Waals surface area contributed by atoms with Crippen molar-refractivity contribution >= 4 is 98.6 Å². The zero-order valence-corrected chi connectivity index (χ0v) is 75.4. The summed E-state index contributed by atoms with van der Waals surface area (Å²) in [7, 11) is -27.9. The number of sulfonamides is 6. The third kappa shape index (κ3) is 25.9. The molecule has 2 aliphatic carbocycles. The Balaban J connectivity index is 0.000000166. The lowest BCUT2D eigenvalue weighted by Gasteiger charge is -2.38. The van der Waals surface area contributed by atoms with Gasteiger partial charge in [-0.25, -0.2) is 50.5 Å². The van der Waals surface area contributed by atoms with Crippen LogP contribution in [0.3, 0.4) is 0 Å². The van der Waals surface area contributed by atoms with Crippen LogP contribution in [-0.4, -0.2) is 73.8 Å². The maximum atomic E-state index is 12.6. The van der Waals surface area contributed by atoms with Crippen molar-refractivity contribution in [2.75, 3.05) is 12.0 Å². The molecule has 28 heteroatoms. The molecule has 121 heavy (non-hydrogen) atoms. The Hall–Kier alpha value is -9.27. The molecule has 2 saturated carbocycles. The highest BCUT2D eigenvalue weighted by Gasteiger charge is 2.64. The van der Waals surface area contributed by atoms with Crippen LogP contribution in [-0.2, 0) is 97.6 Å². The highest BCUT2D eigenvalue weighted by atomic mass is 32.3. The number of Topliss-reactive ketones (excluding diaryl/α,β-unsaturated/α-hetero) is 1. The van der Waals surface area contributed by atoms with Crippen molar-refractivity contribution in [1.29, 1.82) is 0 Å².